The van der Waals surface area contributed by atoms with Crippen molar-refractivity contribution in [1.29, 1.82) is 0 Å². The summed E-state index contributed by atoms with van der Waals surface area (Å²) in [5, 5.41) is 4.96. The van der Waals surface area contributed by atoms with E-state index >= 15 is 0 Å². The van der Waals surface area contributed by atoms with Crippen LogP contribution in [0.1, 0.15) is 33.1 Å². The van der Waals surface area contributed by atoms with Gasteiger partial charge in [0.1, 0.15) is 11.9 Å². The number of furan rings is 1. The molecule has 0 radical (unpaired) electrons. The average molecular weight is 378 g/mol. The Hall–Kier alpha value is -3.75. The maximum atomic E-state index is 12.4. The molecule has 1 aromatic carbocycles. The Balaban J connectivity index is 1.47. The number of hydrazine groups is 1. The van der Waals surface area contributed by atoms with Crippen LogP contribution < -0.4 is 10.9 Å². The van der Waals surface area contributed by atoms with E-state index in [4.69, 9.17) is 4.42 Å². The van der Waals surface area contributed by atoms with Crippen LogP contribution in [-0.2, 0) is 11.2 Å². The van der Waals surface area contributed by atoms with Gasteiger partial charge in [0.05, 0.1) is 6.42 Å². The zero-order valence-electron chi connectivity index (χ0n) is 15.6. The lowest BCUT2D eigenvalue weighted by atomic mass is 10.1. The van der Waals surface area contributed by atoms with E-state index in [1.54, 1.807) is 24.4 Å². The molecule has 0 spiro atoms. The first-order valence-corrected chi connectivity index (χ1v) is 8.69. The molecule has 4 aromatic rings. The third-order valence-corrected chi connectivity index (χ3v) is 4.69. The number of rotatable bonds is 3. The Morgan fingerprint density at radius 2 is 1.93 bits per heavy atom. The molecule has 0 aliphatic rings. The molecule has 0 unspecified atom stereocenters. The average Bonchev–Trinajstić information content (AvgIpc) is 3.28. The number of nitrogens with one attached hydrogen (secondary N) is 2. The van der Waals surface area contributed by atoms with E-state index in [1.165, 1.54) is 6.33 Å². The quantitative estimate of drug-likeness (QED) is 0.526. The lowest BCUT2D eigenvalue weighted by Crippen LogP contribution is -2.42. The Morgan fingerprint density at radius 1 is 1.14 bits per heavy atom. The van der Waals surface area contributed by atoms with Gasteiger partial charge in [-0.1, -0.05) is 18.2 Å². The van der Waals surface area contributed by atoms with Gasteiger partial charge in [-0.3, -0.25) is 20.4 Å². The number of para-hydroxylation sites is 1. The van der Waals surface area contributed by atoms with Gasteiger partial charge in [0.25, 0.3) is 5.78 Å². The van der Waals surface area contributed by atoms with E-state index in [2.05, 4.69) is 25.9 Å². The SMILES string of the molecule is Cc1nc2ncnn2c(C)c1CC(=O)NNC(=O)c1oc2ccccc2c1C. The molecule has 0 aliphatic heterocycles. The van der Waals surface area contributed by atoms with Crippen molar-refractivity contribution >= 4 is 28.6 Å². The fraction of sp³-hybridized carbons (Fsp3) is 0.211. The van der Waals surface area contributed by atoms with Crippen LogP contribution in [0.2, 0.25) is 0 Å². The number of carbonyl (C=O) groups excluding carboxylic acids is 2. The summed E-state index contributed by atoms with van der Waals surface area (Å²) in [6.45, 7) is 5.45. The molecular weight excluding hydrogens is 360 g/mol. The van der Waals surface area contributed by atoms with Crippen molar-refractivity contribution in [3.8, 4) is 0 Å². The van der Waals surface area contributed by atoms with Crippen LogP contribution in [0.3, 0.4) is 0 Å². The number of hydrogen-bond acceptors (Lipinski definition) is 6. The van der Waals surface area contributed by atoms with Crippen LogP contribution in [0.25, 0.3) is 16.7 Å². The maximum absolute atomic E-state index is 12.4. The van der Waals surface area contributed by atoms with Crippen molar-refractivity contribution in [1.82, 2.24) is 30.4 Å². The highest BCUT2D eigenvalue weighted by Gasteiger charge is 2.19. The fourth-order valence-electron chi connectivity index (χ4n) is 3.19. The van der Waals surface area contributed by atoms with E-state index in [-0.39, 0.29) is 18.1 Å². The van der Waals surface area contributed by atoms with Crippen molar-refractivity contribution < 1.29 is 14.0 Å². The topological polar surface area (TPSA) is 114 Å². The van der Waals surface area contributed by atoms with E-state index in [0.29, 0.717) is 17.1 Å². The summed E-state index contributed by atoms with van der Waals surface area (Å²) in [6, 6.07) is 7.37. The molecule has 3 aromatic heterocycles. The van der Waals surface area contributed by atoms with E-state index in [0.717, 1.165) is 22.2 Å². The van der Waals surface area contributed by atoms with Gasteiger partial charge in [-0.2, -0.15) is 10.1 Å². The van der Waals surface area contributed by atoms with Gasteiger partial charge in [-0.25, -0.2) is 9.50 Å². The zero-order chi connectivity index (χ0) is 19.8. The van der Waals surface area contributed by atoms with E-state index in [9.17, 15) is 9.59 Å². The minimum Gasteiger partial charge on any atom is -0.451 e. The molecule has 0 aliphatic carbocycles. The summed E-state index contributed by atoms with van der Waals surface area (Å²) in [6.07, 6.45) is 1.45. The van der Waals surface area contributed by atoms with E-state index < -0.39 is 5.91 Å². The standard InChI is InChI=1S/C19H18N6O3/c1-10-13-6-4-5-7-15(13)28-17(10)18(27)24-23-16(26)8-14-11(2)22-19-20-9-21-25(19)12(14)3/h4-7,9H,8H2,1-3H3,(H,23,26)(H,24,27). The minimum absolute atomic E-state index is 0.0415. The molecule has 0 fully saturated rings. The molecule has 2 N–H and O–H groups in total. The second kappa shape index (κ2) is 6.76. The first-order chi connectivity index (χ1) is 13.5. The van der Waals surface area contributed by atoms with Crippen LogP contribution in [0.15, 0.2) is 35.0 Å². The molecule has 142 valence electrons. The summed E-state index contributed by atoms with van der Waals surface area (Å²) in [5.74, 6) is -0.248. The number of aryl methyl sites for hydroxylation is 3. The highest BCUT2D eigenvalue weighted by atomic mass is 16.3. The highest BCUT2D eigenvalue weighted by molar-refractivity contribution is 5.99. The first kappa shape index (κ1) is 17.7. The largest absolute Gasteiger partial charge is 0.451 e. The monoisotopic (exact) mass is 378 g/mol. The van der Waals surface area contributed by atoms with Crippen molar-refractivity contribution in [2.24, 2.45) is 0 Å². The van der Waals surface area contributed by atoms with Crippen molar-refractivity contribution in [3.63, 3.8) is 0 Å². The summed E-state index contributed by atoms with van der Waals surface area (Å²) < 4.78 is 7.17. The fourth-order valence-corrected chi connectivity index (χ4v) is 3.19. The van der Waals surface area contributed by atoms with Crippen LogP contribution in [0.5, 0.6) is 0 Å². The molecule has 9 nitrogen and oxygen atoms in total. The predicted octanol–water partition coefficient (Wildman–Crippen LogP) is 1.80. The number of aromatic nitrogens is 4. The summed E-state index contributed by atoms with van der Waals surface area (Å²) in [7, 11) is 0. The highest BCUT2D eigenvalue weighted by Crippen LogP contribution is 2.24. The molecule has 9 heteroatoms. The number of carbonyl (C=O) groups is 2. The Morgan fingerprint density at radius 3 is 2.71 bits per heavy atom. The number of amides is 2. The van der Waals surface area contributed by atoms with Crippen LogP contribution in [0.4, 0.5) is 0 Å². The van der Waals surface area contributed by atoms with Gasteiger partial charge in [0.15, 0.2) is 5.76 Å². The second-order valence-electron chi connectivity index (χ2n) is 6.46. The minimum atomic E-state index is -0.514. The molecule has 0 atom stereocenters. The molecule has 3 heterocycles. The van der Waals surface area contributed by atoms with E-state index in [1.807, 2.05) is 25.1 Å². The number of fused-ring (bicyclic) bond motifs is 2. The molecule has 4 rings (SSSR count). The number of nitrogens with zero attached hydrogens (tertiary/aromatic N) is 4. The Labute approximate surface area is 159 Å². The first-order valence-electron chi connectivity index (χ1n) is 8.69. The van der Waals surface area contributed by atoms with Crippen molar-refractivity contribution in [2.45, 2.75) is 27.2 Å². The third-order valence-electron chi connectivity index (χ3n) is 4.69. The molecule has 0 saturated heterocycles. The Kier molecular flexibility index (Phi) is 4.26. The Bertz CT molecular complexity index is 1220. The normalized spacial score (nSPS) is 11.1. The van der Waals surface area contributed by atoms with Crippen LogP contribution in [0, 0.1) is 20.8 Å². The maximum Gasteiger partial charge on any atom is 0.305 e. The van der Waals surface area contributed by atoms with Crippen LogP contribution in [-0.4, -0.2) is 31.4 Å². The summed E-state index contributed by atoms with van der Waals surface area (Å²) in [4.78, 5) is 33.2. The molecule has 0 bridgehead atoms. The zero-order valence-corrected chi connectivity index (χ0v) is 15.6. The predicted molar refractivity (Wildman–Crippen MR) is 101 cm³/mol. The van der Waals surface area contributed by atoms with Crippen molar-refractivity contribution in [2.75, 3.05) is 0 Å². The van der Waals surface area contributed by atoms with Gasteiger partial charge in [0.2, 0.25) is 5.91 Å². The van der Waals surface area contributed by atoms with Crippen molar-refractivity contribution in [3.05, 3.63) is 58.9 Å². The molecule has 2 amide bonds. The van der Waals surface area contributed by atoms with Gasteiger partial charge < -0.3 is 4.42 Å². The third kappa shape index (κ3) is 2.96. The molecule has 0 saturated carbocycles. The number of hydrogen-bond donors (Lipinski definition) is 2. The second-order valence-corrected chi connectivity index (χ2v) is 6.46. The lowest BCUT2D eigenvalue weighted by Gasteiger charge is -2.11. The smallest absolute Gasteiger partial charge is 0.305 e. The molecule has 28 heavy (non-hydrogen) atoms. The van der Waals surface area contributed by atoms with Crippen LogP contribution >= 0.6 is 0 Å². The lowest BCUT2D eigenvalue weighted by molar-refractivity contribution is -0.121. The molecular formula is C19H18N6O3. The summed E-state index contributed by atoms with van der Waals surface area (Å²) >= 11 is 0. The van der Waals surface area contributed by atoms with Gasteiger partial charge in [-0.15, -0.1) is 0 Å². The number of benzene rings is 1. The van der Waals surface area contributed by atoms with Gasteiger partial charge in [-0.05, 0) is 26.8 Å². The van der Waals surface area contributed by atoms with Gasteiger partial charge in [0, 0.05) is 27.9 Å². The summed E-state index contributed by atoms with van der Waals surface area (Å²) in [5.41, 5.74) is 8.35. The van der Waals surface area contributed by atoms with Gasteiger partial charge >= 0.3 is 5.91 Å².